The fourth-order valence-corrected chi connectivity index (χ4v) is 2.64. The first-order valence-corrected chi connectivity index (χ1v) is 6.73. The maximum Gasteiger partial charge on any atom is 0.242 e. The Bertz CT molecular complexity index is 438. The lowest BCUT2D eigenvalue weighted by molar-refractivity contribution is -0.125. The van der Waals surface area contributed by atoms with Gasteiger partial charge in [0.05, 0.1) is 18.3 Å². The summed E-state index contributed by atoms with van der Waals surface area (Å²) in [4.78, 5) is 12.2. The third-order valence-electron chi connectivity index (χ3n) is 3.87. The van der Waals surface area contributed by atoms with Crippen molar-refractivity contribution in [1.29, 1.82) is 0 Å². The molecule has 0 aliphatic heterocycles. The van der Waals surface area contributed by atoms with Crippen molar-refractivity contribution in [3.63, 3.8) is 0 Å². The summed E-state index contributed by atoms with van der Waals surface area (Å²) in [5.74, 6) is -0.246. The summed E-state index contributed by atoms with van der Waals surface area (Å²) in [5, 5.41) is 16.5. The number of nitrogens with zero attached hydrogens (tertiary/aromatic N) is 2. The molecule has 1 atom stereocenters. The summed E-state index contributed by atoms with van der Waals surface area (Å²) >= 11 is 0. The van der Waals surface area contributed by atoms with Gasteiger partial charge in [-0.05, 0) is 12.8 Å². The highest BCUT2D eigenvalue weighted by atomic mass is 16.3. The van der Waals surface area contributed by atoms with Crippen molar-refractivity contribution in [2.45, 2.75) is 43.7 Å². The van der Waals surface area contributed by atoms with E-state index in [1.54, 1.807) is 24.1 Å². The Morgan fingerprint density at radius 3 is 2.79 bits per heavy atom. The molecule has 6 heteroatoms. The van der Waals surface area contributed by atoms with Crippen LogP contribution < -0.4 is 11.1 Å². The van der Waals surface area contributed by atoms with Crippen LogP contribution in [0.25, 0.3) is 0 Å². The molecule has 0 bridgehead atoms. The first-order chi connectivity index (χ1) is 9.06. The Hall–Kier alpha value is -1.40. The van der Waals surface area contributed by atoms with E-state index in [9.17, 15) is 9.90 Å². The predicted octanol–water partition coefficient (Wildman–Crippen LogP) is 0.231. The van der Waals surface area contributed by atoms with Gasteiger partial charge in [-0.3, -0.25) is 9.48 Å². The van der Waals surface area contributed by atoms with Gasteiger partial charge < -0.3 is 16.2 Å². The average molecular weight is 266 g/mol. The number of rotatable bonds is 4. The van der Waals surface area contributed by atoms with Crippen LogP contribution in [0, 0.1) is 0 Å². The maximum atomic E-state index is 12.2. The second-order valence-corrected chi connectivity index (χ2v) is 5.41. The van der Waals surface area contributed by atoms with E-state index < -0.39 is 11.6 Å². The molecule has 6 nitrogen and oxygen atoms in total. The van der Waals surface area contributed by atoms with Crippen molar-refractivity contribution >= 4 is 5.91 Å². The van der Waals surface area contributed by atoms with Gasteiger partial charge in [0.2, 0.25) is 5.91 Å². The first-order valence-electron chi connectivity index (χ1n) is 6.73. The van der Waals surface area contributed by atoms with Crippen molar-refractivity contribution in [2.24, 2.45) is 12.8 Å². The number of aliphatic hydroxyl groups excluding tert-OH is 1. The molecule has 1 unspecified atom stereocenters. The molecule has 0 spiro atoms. The van der Waals surface area contributed by atoms with Crippen LogP contribution in [0.15, 0.2) is 12.4 Å². The molecule has 0 aromatic carbocycles. The van der Waals surface area contributed by atoms with E-state index in [0.717, 1.165) is 32.1 Å². The number of aliphatic hydroxyl groups is 1. The van der Waals surface area contributed by atoms with Crippen LogP contribution in [0.3, 0.4) is 0 Å². The molecule has 0 saturated heterocycles. The van der Waals surface area contributed by atoms with Crippen LogP contribution in [-0.4, -0.2) is 32.9 Å². The Balaban J connectivity index is 2.03. The normalized spacial score (nSPS) is 19.9. The molecule has 1 aromatic rings. The van der Waals surface area contributed by atoms with Gasteiger partial charge in [0.25, 0.3) is 0 Å². The minimum absolute atomic E-state index is 0.0293. The van der Waals surface area contributed by atoms with Crippen LogP contribution in [0.2, 0.25) is 0 Å². The lowest BCUT2D eigenvalue weighted by Crippen LogP contribution is -2.54. The minimum Gasteiger partial charge on any atom is -0.394 e. The zero-order valence-corrected chi connectivity index (χ0v) is 11.3. The van der Waals surface area contributed by atoms with Gasteiger partial charge in [-0.15, -0.1) is 0 Å². The van der Waals surface area contributed by atoms with E-state index in [1.807, 2.05) is 0 Å². The van der Waals surface area contributed by atoms with Crippen LogP contribution >= 0.6 is 0 Å². The fourth-order valence-electron chi connectivity index (χ4n) is 2.64. The third kappa shape index (κ3) is 3.13. The number of carbonyl (C=O) groups is 1. The zero-order chi connectivity index (χ0) is 13.9. The monoisotopic (exact) mass is 266 g/mol. The second kappa shape index (κ2) is 5.71. The number of hydrogen-bond donors (Lipinski definition) is 3. The van der Waals surface area contributed by atoms with Crippen LogP contribution in [0.4, 0.5) is 0 Å². The van der Waals surface area contributed by atoms with Gasteiger partial charge in [0, 0.05) is 18.8 Å². The Kier molecular flexibility index (Phi) is 4.21. The summed E-state index contributed by atoms with van der Waals surface area (Å²) in [5.41, 5.74) is 6.13. The van der Waals surface area contributed by atoms with E-state index in [1.165, 1.54) is 0 Å². The number of aryl methyl sites for hydroxylation is 1. The van der Waals surface area contributed by atoms with E-state index in [2.05, 4.69) is 10.4 Å². The largest absolute Gasteiger partial charge is 0.394 e. The Labute approximate surface area is 113 Å². The first kappa shape index (κ1) is 14.0. The van der Waals surface area contributed by atoms with Gasteiger partial charge in [-0.2, -0.15) is 5.10 Å². The number of nitrogens with one attached hydrogen (secondary N) is 1. The topological polar surface area (TPSA) is 93.2 Å². The molecular weight excluding hydrogens is 244 g/mol. The van der Waals surface area contributed by atoms with Crippen LogP contribution in [0.1, 0.15) is 43.7 Å². The van der Waals surface area contributed by atoms with Gasteiger partial charge in [0.1, 0.15) is 6.04 Å². The molecule has 1 aromatic heterocycles. The molecule has 4 N–H and O–H groups in total. The number of hydrogen-bond acceptors (Lipinski definition) is 4. The highest BCUT2D eigenvalue weighted by molar-refractivity contribution is 5.83. The van der Waals surface area contributed by atoms with E-state index in [0.29, 0.717) is 5.56 Å². The number of aromatic nitrogens is 2. The lowest BCUT2D eigenvalue weighted by Gasteiger charge is -2.37. The highest BCUT2D eigenvalue weighted by Crippen LogP contribution is 2.28. The molecule has 1 heterocycles. The standard InChI is InChI=1S/C13H22N4O2/c1-17-8-10(7-15-17)11(14)12(19)16-13(9-18)5-3-2-4-6-13/h7-8,11,18H,2-6,9,14H2,1H3,(H,16,19). The molecule has 106 valence electrons. The molecule has 1 aliphatic rings. The van der Waals surface area contributed by atoms with Gasteiger partial charge in [0.15, 0.2) is 0 Å². The molecule has 1 fully saturated rings. The van der Waals surface area contributed by atoms with Crippen LogP contribution in [-0.2, 0) is 11.8 Å². The smallest absolute Gasteiger partial charge is 0.242 e. The fraction of sp³-hybridized carbons (Fsp3) is 0.692. The van der Waals surface area contributed by atoms with E-state index in [-0.39, 0.29) is 12.5 Å². The molecular formula is C13H22N4O2. The molecule has 2 rings (SSSR count). The Morgan fingerprint density at radius 1 is 1.58 bits per heavy atom. The lowest BCUT2D eigenvalue weighted by atomic mass is 9.82. The minimum atomic E-state index is -0.737. The quantitative estimate of drug-likeness (QED) is 0.727. The number of carbonyl (C=O) groups excluding carboxylic acids is 1. The summed E-state index contributed by atoms with van der Waals surface area (Å²) in [7, 11) is 1.78. The molecule has 1 aliphatic carbocycles. The van der Waals surface area contributed by atoms with Crippen LogP contribution in [0.5, 0.6) is 0 Å². The van der Waals surface area contributed by atoms with Gasteiger partial charge in [-0.1, -0.05) is 19.3 Å². The average Bonchev–Trinajstić information content (AvgIpc) is 2.85. The van der Waals surface area contributed by atoms with E-state index >= 15 is 0 Å². The maximum absolute atomic E-state index is 12.2. The Morgan fingerprint density at radius 2 is 2.26 bits per heavy atom. The molecule has 1 amide bonds. The molecule has 19 heavy (non-hydrogen) atoms. The van der Waals surface area contributed by atoms with Gasteiger partial charge >= 0.3 is 0 Å². The van der Waals surface area contributed by atoms with Gasteiger partial charge in [-0.25, -0.2) is 0 Å². The summed E-state index contributed by atoms with van der Waals surface area (Å²) in [6.07, 6.45) is 8.18. The highest BCUT2D eigenvalue weighted by Gasteiger charge is 2.34. The molecule has 1 saturated carbocycles. The summed E-state index contributed by atoms with van der Waals surface area (Å²) < 4.78 is 1.62. The third-order valence-corrected chi connectivity index (χ3v) is 3.87. The second-order valence-electron chi connectivity index (χ2n) is 5.41. The predicted molar refractivity (Wildman–Crippen MR) is 71.2 cm³/mol. The summed E-state index contributed by atoms with van der Waals surface area (Å²) in [6.45, 7) is -0.0293. The SMILES string of the molecule is Cn1cc(C(N)C(=O)NC2(CO)CCCCC2)cn1. The van der Waals surface area contributed by atoms with Crippen molar-refractivity contribution in [3.8, 4) is 0 Å². The number of nitrogens with two attached hydrogens (primary N) is 1. The zero-order valence-electron chi connectivity index (χ0n) is 11.3. The van der Waals surface area contributed by atoms with Crippen molar-refractivity contribution in [3.05, 3.63) is 18.0 Å². The number of amides is 1. The van der Waals surface area contributed by atoms with Crippen molar-refractivity contribution in [2.75, 3.05) is 6.61 Å². The van der Waals surface area contributed by atoms with Crippen molar-refractivity contribution in [1.82, 2.24) is 15.1 Å². The van der Waals surface area contributed by atoms with Crippen molar-refractivity contribution < 1.29 is 9.90 Å². The summed E-state index contributed by atoms with van der Waals surface area (Å²) in [6, 6.07) is -0.737. The molecule has 0 radical (unpaired) electrons. The van der Waals surface area contributed by atoms with E-state index in [4.69, 9.17) is 5.73 Å².